The van der Waals surface area contributed by atoms with Crippen molar-refractivity contribution in [1.82, 2.24) is 9.88 Å². The Kier molecular flexibility index (Phi) is 5.55. The first kappa shape index (κ1) is 14.2. The Bertz CT molecular complexity index is 473. The molecule has 0 aliphatic heterocycles. The summed E-state index contributed by atoms with van der Waals surface area (Å²) in [5.74, 6) is 0.517. The molecule has 1 aromatic carbocycles. The Morgan fingerprint density at radius 3 is 2.58 bits per heavy atom. The minimum absolute atomic E-state index is 0.517. The van der Waals surface area contributed by atoms with Gasteiger partial charge in [0.15, 0.2) is 0 Å². The summed E-state index contributed by atoms with van der Waals surface area (Å²) >= 11 is 3.63. The zero-order chi connectivity index (χ0) is 13.5. The maximum atomic E-state index is 4.16. The van der Waals surface area contributed by atoms with Crippen LogP contribution >= 0.6 is 15.9 Å². The molecule has 1 aromatic heterocycles. The number of hydrogen-bond donors (Lipinski definition) is 0. The molecule has 0 aliphatic rings. The van der Waals surface area contributed by atoms with Gasteiger partial charge in [-0.2, -0.15) is 0 Å². The average molecular weight is 319 g/mol. The summed E-state index contributed by atoms with van der Waals surface area (Å²) in [5.41, 5.74) is 2.64. The number of nitrogens with zero attached hydrogens (tertiary/aromatic N) is 2. The van der Waals surface area contributed by atoms with Gasteiger partial charge in [-0.15, -0.1) is 0 Å². The maximum absolute atomic E-state index is 4.16. The third kappa shape index (κ3) is 4.44. The average Bonchev–Trinajstić information content (AvgIpc) is 2.47. The summed E-state index contributed by atoms with van der Waals surface area (Å²) < 4.78 is 0. The second kappa shape index (κ2) is 7.41. The van der Waals surface area contributed by atoms with E-state index in [0.29, 0.717) is 5.92 Å². The van der Waals surface area contributed by atoms with E-state index in [1.54, 1.807) is 0 Å². The Hall–Kier alpha value is -1.19. The summed E-state index contributed by atoms with van der Waals surface area (Å²) in [5, 5.41) is 0.981. The molecule has 1 heterocycles. The van der Waals surface area contributed by atoms with Crippen LogP contribution in [-0.4, -0.2) is 28.8 Å². The van der Waals surface area contributed by atoms with Gasteiger partial charge in [0.2, 0.25) is 0 Å². The van der Waals surface area contributed by atoms with Crippen LogP contribution in [0.15, 0.2) is 54.9 Å². The minimum atomic E-state index is 0.517. The van der Waals surface area contributed by atoms with Crippen molar-refractivity contribution in [3.05, 3.63) is 66.0 Å². The summed E-state index contributed by atoms with van der Waals surface area (Å²) in [6.45, 7) is 1.97. The summed E-state index contributed by atoms with van der Waals surface area (Å²) in [6, 6.07) is 14.8. The number of aromatic nitrogens is 1. The quantitative estimate of drug-likeness (QED) is 0.755. The van der Waals surface area contributed by atoms with E-state index in [4.69, 9.17) is 0 Å². The molecular weight excluding hydrogens is 300 g/mol. The van der Waals surface area contributed by atoms with Gasteiger partial charge >= 0.3 is 0 Å². The third-order valence-corrected chi connectivity index (χ3v) is 3.95. The Labute approximate surface area is 123 Å². The molecule has 0 N–H and O–H groups in total. The van der Waals surface area contributed by atoms with Gasteiger partial charge in [-0.1, -0.05) is 52.3 Å². The summed E-state index contributed by atoms with van der Waals surface area (Å²) in [4.78, 5) is 6.50. The van der Waals surface area contributed by atoms with Crippen LogP contribution in [0.25, 0.3) is 0 Å². The molecule has 3 heteroatoms. The van der Waals surface area contributed by atoms with Crippen molar-refractivity contribution in [3.63, 3.8) is 0 Å². The molecule has 2 rings (SSSR count). The van der Waals surface area contributed by atoms with E-state index in [-0.39, 0.29) is 0 Å². The maximum Gasteiger partial charge on any atom is 0.0312 e. The molecule has 0 fully saturated rings. The van der Waals surface area contributed by atoms with Gasteiger partial charge in [0, 0.05) is 36.7 Å². The van der Waals surface area contributed by atoms with Crippen LogP contribution in [-0.2, 0) is 6.54 Å². The zero-order valence-electron chi connectivity index (χ0n) is 11.2. The molecule has 0 saturated heterocycles. The highest BCUT2D eigenvalue weighted by Crippen LogP contribution is 2.19. The molecule has 100 valence electrons. The summed E-state index contributed by atoms with van der Waals surface area (Å²) in [7, 11) is 2.16. The lowest BCUT2D eigenvalue weighted by Gasteiger charge is -2.23. The van der Waals surface area contributed by atoms with Crippen molar-refractivity contribution in [2.24, 2.45) is 0 Å². The van der Waals surface area contributed by atoms with Crippen molar-refractivity contribution in [2.45, 2.75) is 12.5 Å². The highest BCUT2D eigenvalue weighted by Gasteiger charge is 2.12. The largest absolute Gasteiger partial charge is 0.301 e. The van der Waals surface area contributed by atoms with Crippen LogP contribution in [0.4, 0.5) is 0 Å². The molecule has 0 spiro atoms. The standard InChI is InChI=1S/C16H19BrN2/c1-19(12-14-6-5-9-18-11-14)13-16(10-17)15-7-3-2-4-8-15/h2-9,11,16H,10,12-13H2,1H3. The smallest absolute Gasteiger partial charge is 0.0312 e. The fourth-order valence-electron chi connectivity index (χ4n) is 2.21. The molecule has 19 heavy (non-hydrogen) atoms. The predicted octanol–water partition coefficient (Wildman–Crippen LogP) is 3.69. The van der Waals surface area contributed by atoms with E-state index in [0.717, 1.165) is 18.4 Å². The molecule has 2 nitrogen and oxygen atoms in total. The Balaban J connectivity index is 1.95. The lowest BCUT2D eigenvalue weighted by atomic mass is 10.0. The number of halogens is 1. The summed E-state index contributed by atoms with van der Waals surface area (Å²) in [6.07, 6.45) is 3.75. The van der Waals surface area contributed by atoms with E-state index in [1.807, 2.05) is 18.5 Å². The van der Waals surface area contributed by atoms with Gasteiger partial charge in [-0.25, -0.2) is 0 Å². The predicted molar refractivity (Wildman–Crippen MR) is 83.5 cm³/mol. The van der Waals surface area contributed by atoms with Crippen molar-refractivity contribution >= 4 is 15.9 Å². The molecular formula is C16H19BrN2. The number of rotatable bonds is 6. The molecule has 0 bridgehead atoms. The molecule has 0 amide bonds. The Morgan fingerprint density at radius 2 is 1.95 bits per heavy atom. The van der Waals surface area contributed by atoms with Gasteiger partial charge < -0.3 is 4.90 Å². The van der Waals surface area contributed by atoms with Crippen molar-refractivity contribution in [3.8, 4) is 0 Å². The minimum Gasteiger partial charge on any atom is -0.301 e. The van der Waals surface area contributed by atoms with Crippen molar-refractivity contribution < 1.29 is 0 Å². The van der Waals surface area contributed by atoms with Crippen LogP contribution in [0.1, 0.15) is 17.0 Å². The number of hydrogen-bond acceptors (Lipinski definition) is 2. The molecule has 0 radical (unpaired) electrons. The van der Waals surface area contributed by atoms with Crippen LogP contribution in [0.3, 0.4) is 0 Å². The van der Waals surface area contributed by atoms with Crippen molar-refractivity contribution in [2.75, 3.05) is 18.9 Å². The fourth-order valence-corrected chi connectivity index (χ4v) is 2.79. The molecule has 0 aliphatic carbocycles. The van der Waals surface area contributed by atoms with Crippen LogP contribution in [0, 0.1) is 0 Å². The number of alkyl halides is 1. The molecule has 1 atom stereocenters. The number of pyridine rings is 1. The van der Waals surface area contributed by atoms with E-state index < -0.39 is 0 Å². The number of benzene rings is 1. The van der Waals surface area contributed by atoms with E-state index in [1.165, 1.54) is 11.1 Å². The van der Waals surface area contributed by atoms with E-state index in [2.05, 4.69) is 69.3 Å². The second-order valence-corrected chi connectivity index (χ2v) is 5.47. The molecule has 0 saturated carbocycles. The van der Waals surface area contributed by atoms with Crippen LogP contribution < -0.4 is 0 Å². The van der Waals surface area contributed by atoms with Crippen molar-refractivity contribution in [1.29, 1.82) is 0 Å². The highest BCUT2D eigenvalue weighted by molar-refractivity contribution is 9.09. The number of likely N-dealkylation sites (N-methyl/N-ethyl adjacent to an activating group) is 1. The third-order valence-electron chi connectivity index (χ3n) is 3.16. The second-order valence-electron chi connectivity index (χ2n) is 4.82. The first-order valence-corrected chi connectivity index (χ1v) is 7.60. The normalized spacial score (nSPS) is 12.6. The SMILES string of the molecule is CN(Cc1cccnc1)CC(CBr)c1ccccc1. The lowest BCUT2D eigenvalue weighted by Crippen LogP contribution is -2.25. The fraction of sp³-hybridized carbons (Fsp3) is 0.312. The monoisotopic (exact) mass is 318 g/mol. The molecule has 1 unspecified atom stereocenters. The lowest BCUT2D eigenvalue weighted by molar-refractivity contribution is 0.311. The Morgan fingerprint density at radius 1 is 1.16 bits per heavy atom. The van der Waals surface area contributed by atoms with E-state index >= 15 is 0 Å². The topological polar surface area (TPSA) is 16.1 Å². The van der Waals surface area contributed by atoms with Gasteiger partial charge in [0.1, 0.15) is 0 Å². The van der Waals surface area contributed by atoms with Gasteiger partial charge in [0.05, 0.1) is 0 Å². The van der Waals surface area contributed by atoms with Crippen LogP contribution in [0.2, 0.25) is 0 Å². The molecule has 2 aromatic rings. The van der Waals surface area contributed by atoms with Gasteiger partial charge in [-0.3, -0.25) is 4.98 Å². The first-order valence-electron chi connectivity index (χ1n) is 6.48. The van der Waals surface area contributed by atoms with Gasteiger partial charge in [-0.05, 0) is 24.2 Å². The zero-order valence-corrected chi connectivity index (χ0v) is 12.8. The van der Waals surface area contributed by atoms with E-state index in [9.17, 15) is 0 Å². The van der Waals surface area contributed by atoms with Crippen LogP contribution in [0.5, 0.6) is 0 Å². The first-order chi connectivity index (χ1) is 9.29. The van der Waals surface area contributed by atoms with Gasteiger partial charge in [0.25, 0.3) is 0 Å². The highest BCUT2D eigenvalue weighted by atomic mass is 79.9.